The fraction of sp³-hybridized carbons (Fsp3) is 0.647. The summed E-state index contributed by atoms with van der Waals surface area (Å²) >= 11 is 0. The molecule has 1 unspecified atom stereocenters. The van der Waals surface area contributed by atoms with Gasteiger partial charge in [0.25, 0.3) is 0 Å². The van der Waals surface area contributed by atoms with Crippen molar-refractivity contribution >= 4 is 0 Å². The molecule has 1 aromatic rings. The number of benzene rings is 1. The average molecular weight is 277 g/mol. The van der Waals surface area contributed by atoms with E-state index in [4.69, 9.17) is 9.84 Å². The maximum absolute atomic E-state index is 8.76. The smallest absolute Gasteiger partial charge is 0.124 e. The lowest BCUT2D eigenvalue weighted by molar-refractivity contribution is 0.0660. The molecule has 0 saturated carbocycles. The fourth-order valence-corrected chi connectivity index (χ4v) is 2.85. The lowest BCUT2D eigenvalue weighted by Gasteiger charge is -2.38. The first-order chi connectivity index (χ1) is 9.62. The third kappa shape index (κ3) is 4.22. The van der Waals surface area contributed by atoms with Crippen LogP contribution in [-0.4, -0.2) is 23.9 Å². The molecular formula is C17H27NO2. The summed E-state index contributed by atoms with van der Waals surface area (Å²) in [6, 6.07) is 8.72. The Morgan fingerprint density at radius 3 is 2.75 bits per heavy atom. The minimum atomic E-state index is -0.108. The van der Waals surface area contributed by atoms with Crippen LogP contribution in [0.5, 0.6) is 5.75 Å². The zero-order valence-corrected chi connectivity index (χ0v) is 12.7. The van der Waals surface area contributed by atoms with Gasteiger partial charge in [-0.3, -0.25) is 0 Å². The molecule has 1 aliphatic rings. The standard InChI is InChI=1S/C17H27NO2/c1-17(2)13-15(18-11-7-3-4-8-12-19)14-9-5-6-10-16(14)20-17/h5-6,9-10,15,18-19H,3-4,7-8,11-13H2,1-2H3. The lowest BCUT2D eigenvalue weighted by atomic mass is 9.89. The van der Waals surface area contributed by atoms with Crippen LogP contribution in [0, 0.1) is 0 Å². The molecule has 1 aliphatic heterocycles. The minimum Gasteiger partial charge on any atom is -0.487 e. The number of unbranched alkanes of at least 4 members (excludes halogenated alkanes) is 3. The van der Waals surface area contributed by atoms with E-state index in [1.54, 1.807) is 0 Å². The molecule has 0 aliphatic carbocycles. The molecule has 0 bridgehead atoms. The molecule has 0 saturated heterocycles. The van der Waals surface area contributed by atoms with Crippen LogP contribution in [-0.2, 0) is 0 Å². The van der Waals surface area contributed by atoms with Crippen molar-refractivity contribution in [2.75, 3.05) is 13.2 Å². The van der Waals surface area contributed by atoms with Crippen molar-refractivity contribution in [2.24, 2.45) is 0 Å². The van der Waals surface area contributed by atoms with E-state index >= 15 is 0 Å². The maximum atomic E-state index is 8.76. The van der Waals surface area contributed by atoms with Crippen molar-refractivity contribution < 1.29 is 9.84 Å². The van der Waals surface area contributed by atoms with Gasteiger partial charge in [-0.1, -0.05) is 31.0 Å². The van der Waals surface area contributed by atoms with Gasteiger partial charge in [0.15, 0.2) is 0 Å². The molecule has 112 valence electrons. The Bertz CT molecular complexity index is 417. The molecule has 1 heterocycles. The molecule has 1 atom stereocenters. The third-order valence-electron chi connectivity index (χ3n) is 3.85. The molecule has 2 N–H and O–H groups in total. The Hall–Kier alpha value is -1.06. The zero-order chi connectivity index (χ0) is 14.4. The maximum Gasteiger partial charge on any atom is 0.124 e. The summed E-state index contributed by atoms with van der Waals surface area (Å²) < 4.78 is 6.04. The van der Waals surface area contributed by atoms with Crippen LogP contribution in [0.25, 0.3) is 0 Å². The predicted octanol–water partition coefficient (Wildman–Crippen LogP) is 3.43. The quantitative estimate of drug-likeness (QED) is 0.750. The number of nitrogens with one attached hydrogen (secondary N) is 1. The Morgan fingerprint density at radius 1 is 1.20 bits per heavy atom. The van der Waals surface area contributed by atoms with Crippen molar-refractivity contribution in [1.29, 1.82) is 0 Å². The predicted molar refractivity (Wildman–Crippen MR) is 82.1 cm³/mol. The van der Waals surface area contributed by atoms with Gasteiger partial charge in [0.2, 0.25) is 0 Å². The highest BCUT2D eigenvalue weighted by atomic mass is 16.5. The van der Waals surface area contributed by atoms with Gasteiger partial charge in [0.05, 0.1) is 0 Å². The van der Waals surface area contributed by atoms with Crippen molar-refractivity contribution in [3.63, 3.8) is 0 Å². The Balaban J connectivity index is 1.87. The normalized spacial score (nSPS) is 20.2. The number of aliphatic hydroxyl groups excluding tert-OH is 1. The zero-order valence-electron chi connectivity index (χ0n) is 12.7. The van der Waals surface area contributed by atoms with Crippen LogP contribution < -0.4 is 10.1 Å². The van der Waals surface area contributed by atoms with Crippen LogP contribution in [0.3, 0.4) is 0 Å². The van der Waals surface area contributed by atoms with E-state index in [0.717, 1.165) is 31.6 Å². The van der Waals surface area contributed by atoms with Crippen LogP contribution >= 0.6 is 0 Å². The second kappa shape index (κ2) is 7.09. The van der Waals surface area contributed by atoms with Crippen LogP contribution in [0.2, 0.25) is 0 Å². The highest BCUT2D eigenvalue weighted by Gasteiger charge is 2.32. The molecule has 2 rings (SSSR count). The van der Waals surface area contributed by atoms with Gasteiger partial charge in [0, 0.05) is 24.6 Å². The minimum absolute atomic E-state index is 0.108. The molecule has 0 amide bonds. The van der Waals surface area contributed by atoms with Gasteiger partial charge in [-0.2, -0.15) is 0 Å². The second-order valence-corrected chi connectivity index (χ2v) is 6.25. The van der Waals surface area contributed by atoms with E-state index in [0.29, 0.717) is 12.6 Å². The SMILES string of the molecule is CC1(C)CC(NCCCCCCO)c2ccccc2O1. The topological polar surface area (TPSA) is 41.5 Å². The number of aliphatic hydroxyl groups is 1. The van der Waals surface area contributed by atoms with E-state index in [1.165, 1.54) is 18.4 Å². The largest absolute Gasteiger partial charge is 0.487 e. The van der Waals surface area contributed by atoms with Crippen LogP contribution in [0.1, 0.15) is 57.6 Å². The van der Waals surface area contributed by atoms with Crippen LogP contribution in [0.15, 0.2) is 24.3 Å². The van der Waals surface area contributed by atoms with Gasteiger partial charge in [-0.15, -0.1) is 0 Å². The third-order valence-corrected chi connectivity index (χ3v) is 3.85. The van der Waals surface area contributed by atoms with E-state index in [9.17, 15) is 0 Å². The number of rotatable bonds is 7. The Morgan fingerprint density at radius 2 is 1.95 bits per heavy atom. The Labute approximate surface area is 122 Å². The highest BCUT2D eigenvalue weighted by Crippen LogP contribution is 2.39. The Kier molecular flexibility index (Phi) is 5.44. The van der Waals surface area contributed by atoms with Crippen molar-refractivity contribution in [3.8, 4) is 5.75 Å². The number of hydrogen-bond donors (Lipinski definition) is 2. The second-order valence-electron chi connectivity index (χ2n) is 6.25. The summed E-state index contributed by atoms with van der Waals surface area (Å²) in [5.41, 5.74) is 1.17. The van der Waals surface area contributed by atoms with Gasteiger partial charge >= 0.3 is 0 Å². The summed E-state index contributed by atoms with van der Waals surface area (Å²) in [5, 5.41) is 12.4. The summed E-state index contributed by atoms with van der Waals surface area (Å²) in [6.45, 7) is 5.65. The lowest BCUT2D eigenvalue weighted by Crippen LogP contribution is -2.39. The average Bonchev–Trinajstić information content (AvgIpc) is 2.41. The molecular weight excluding hydrogens is 250 g/mol. The fourth-order valence-electron chi connectivity index (χ4n) is 2.85. The van der Waals surface area contributed by atoms with Gasteiger partial charge < -0.3 is 15.2 Å². The summed E-state index contributed by atoms with van der Waals surface area (Å²) in [6.07, 6.45) is 5.39. The highest BCUT2D eigenvalue weighted by molar-refractivity contribution is 5.38. The van der Waals surface area contributed by atoms with E-state index < -0.39 is 0 Å². The first kappa shape index (κ1) is 15.3. The van der Waals surface area contributed by atoms with E-state index in [1.807, 2.05) is 6.07 Å². The first-order valence-electron chi connectivity index (χ1n) is 7.74. The number of para-hydroxylation sites is 1. The molecule has 3 nitrogen and oxygen atoms in total. The van der Waals surface area contributed by atoms with E-state index in [2.05, 4.69) is 37.4 Å². The van der Waals surface area contributed by atoms with Crippen molar-refractivity contribution in [1.82, 2.24) is 5.32 Å². The number of hydrogen-bond acceptors (Lipinski definition) is 3. The van der Waals surface area contributed by atoms with Crippen molar-refractivity contribution in [2.45, 2.75) is 57.6 Å². The summed E-state index contributed by atoms with van der Waals surface area (Å²) in [4.78, 5) is 0. The van der Waals surface area contributed by atoms with E-state index in [-0.39, 0.29) is 5.60 Å². The molecule has 0 aromatic heterocycles. The molecule has 0 spiro atoms. The van der Waals surface area contributed by atoms with Gasteiger partial charge in [-0.25, -0.2) is 0 Å². The summed E-state index contributed by atoms with van der Waals surface area (Å²) in [5.74, 6) is 1.02. The molecule has 0 radical (unpaired) electrons. The molecule has 3 heteroatoms. The van der Waals surface area contributed by atoms with Gasteiger partial charge in [-0.05, 0) is 39.3 Å². The van der Waals surface area contributed by atoms with Gasteiger partial charge in [0.1, 0.15) is 11.4 Å². The van der Waals surface area contributed by atoms with Crippen LogP contribution in [0.4, 0.5) is 0 Å². The number of ether oxygens (including phenoxy) is 1. The molecule has 0 fully saturated rings. The monoisotopic (exact) mass is 277 g/mol. The van der Waals surface area contributed by atoms with Crippen molar-refractivity contribution in [3.05, 3.63) is 29.8 Å². The molecule has 20 heavy (non-hydrogen) atoms. The first-order valence-corrected chi connectivity index (χ1v) is 7.74. The summed E-state index contributed by atoms with van der Waals surface area (Å²) in [7, 11) is 0. The molecule has 1 aromatic carbocycles. The number of fused-ring (bicyclic) bond motifs is 1.